The molecule has 0 aromatic rings. The van der Waals surface area contributed by atoms with Crippen molar-refractivity contribution in [1.82, 2.24) is 10.2 Å². The molecule has 2 atom stereocenters. The predicted octanol–water partition coefficient (Wildman–Crippen LogP) is 3.13. The van der Waals surface area contributed by atoms with Gasteiger partial charge in [0.25, 0.3) is 0 Å². The highest BCUT2D eigenvalue weighted by atomic mass is 15.2. The van der Waals surface area contributed by atoms with Crippen molar-refractivity contribution >= 4 is 0 Å². The summed E-state index contributed by atoms with van der Waals surface area (Å²) in [6.07, 6.45) is 4.09. The van der Waals surface area contributed by atoms with Crippen LogP contribution in [0.15, 0.2) is 0 Å². The SMILES string of the molecule is CC(C)CCCC1CN(CC(C)C)CC(C)N1. The maximum absolute atomic E-state index is 3.75. The molecule has 0 aromatic carbocycles. The number of piperazine rings is 1. The van der Waals surface area contributed by atoms with Crippen molar-refractivity contribution in [2.24, 2.45) is 11.8 Å². The molecule has 1 rings (SSSR count). The third-order valence-electron chi connectivity index (χ3n) is 3.49. The molecule has 0 saturated carbocycles. The van der Waals surface area contributed by atoms with Crippen molar-refractivity contribution in [3.05, 3.63) is 0 Å². The van der Waals surface area contributed by atoms with E-state index in [0.717, 1.165) is 17.9 Å². The Hall–Kier alpha value is -0.0800. The van der Waals surface area contributed by atoms with Crippen LogP contribution in [0.3, 0.4) is 0 Å². The largest absolute Gasteiger partial charge is 0.309 e. The van der Waals surface area contributed by atoms with Crippen molar-refractivity contribution in [3.63, 3.8) is 0 Å². The van der Waals surface area contributed by atoms with Gasteiger partial charge in [-0.15, -0.1) is 0 Å². The van der Waals surface area contributed by atoms with E-state index in [2.05, 4.69) is 44.8 Å². The molecular formula is C15H32N2. The average Bonchev–Trinajstić information content (AvgIpc) is 2.14. The summed E-state index contributed by atoms with van der Waals surface area (Å²) in [4.78, 5) is 2.64. The van der Waals surface area contributed by atoms with E-state index in [1.807, 2.05) is 0 Å². The molecule has 1 aliphatic heterocycles. The van der Waals surface area contributed by atoms with Crippen molar-refractivity contribution in [3.8, 4) is 0 Å². The van der Waals surface area contributed by atoms with Crippen LogP contribution >= 0.6 is 0 Å². The van der Waals surface area contributed by atoms with Crippen LogP contribution in [0.2, 0.25) is 0 Å². The molecule has 0 radical (unpaired) electrons. The quantitative estimate of drug-likeness (QED) is 0.767. The van der Waals surface area contributed by atoms with Gasteiger partial charge in [0.05, 0.1) is 0 Å². The first-order valence-electron chi connectivity index (χ1n) is 7.45. The smallest absolute Gasteiger partial charge is 0.0198 e. The van der Waals surface area contributed by atoms with E-state index in [-0.39, 0.29) is 0 Å². The molecule has 1 N–H and O–H groups in total. The van der Waals surface area contributed by atoms with E-state index in [4.69, 9.17) is 0 Å². The Morgan fingerprint density at radius 1 is 1.12 bits per heavy atom. The molecule has 0 aliphatic carbocycles. The minimum atomic E-state index is 0.659. The van der Waals surface area contributed by atoms with Gasteiger partial charge in [-0.1, -0.05) is 40.5 Å². The van der Waals surface area contributed by atoms with E-state index >= 15 is 0 Å². The second-order valence-electron chi connectivity index (χ2n) is 6.70. The number of rotatable bonds is 6. The maximum Gasteiger partial charge on any atom is 0.0198 e. The van der Waals surface area contributed by atoms with Gasteiger partial charge in [0, 0.05) is 31.7 Å². The molecular weight excluding hydrogens is 208 g/mol. The minimum absolute atomic E-state index is 0.659. The lowest BCUT2D eigenvalue weighted by Crippen LogP contribution is -2.55. The van der Waals surface area contributed by atoms with Crippen LogP contribution in [0.1, 0.15) is 53.9 Å². The molecule has 1 heterocycles. The summed E-state index contributed by atoms with van der Waals surface area (Å²) in [7, 11) is 0. The van der Waals surface area contributed by atoms with Gasteiger partial charge < -0.3 is 10.2 Å². The summed E-state index contributed by atoms with van der Waals surface area (Å²) >= 11 is 0. The van der Waals surface area contributed by atoms with Gasteiger partial charge in [0.2, 0.25) is 0 Å². The van der Waals surface area contributed by atoms with E-state index in [1.54, 1.807) is 0 Å². The first-order valence-corrected chi connectivity index (χ1v) is 7.45. The monoisotopic (exact) mass is 240 g/mol. The van der Waals surface area contributed by atoms with E-state index in [1.165, 1.54) is 38.9 Å². The molecule has 1 fully saturated rings. The highest BCUT2D eigenvalue weighted by Gasteiger charge is 2.23. The number of hydrogen-bond donors (Lipinski definition) is 1. The number of nitrogens with one attached hydrogen (secondary N) is 1. The van der Waals surface area contributed by atoms with Crippen LogP contribution in [-0.2, 0) is 0 Å². The molecule has 2 unspecified atom stereocenters. The molecule has 0 spiro atoms. The average molecular weight is 240 g/mol. The van der Waals surface area contributed by atoms with Gasteiger partial charge in [-0.05, 0) is 25.2 Å². The van der Waals surface area contributed by atoms with Crippen molar-refractivity contribution in [2.45, 2.75) is 66.0 Å². The Morgan fingerprint density at radius 2 is 1.82 bits per heavy atom. The van der Waals surface area contributed by atoms with Crippen molar-refractivity contribution in [2.75, 3.05) is 19.6 Å². The summed E-state index contributed by atoms with van der Waals surface area (Å²) in [6, 6.07) is 1.38. The van der Waals surface area contributed by atoms with Gasteiger partial charge in [-0.25, -0.2) is 0 Å². The summed E-state index contributed by atoms with van der Waals surface area (Å²) in [6.45, 7) is 15.3. The molecule has 17 heavy (non-hydrogen) atoms. The Morgan fingerprint density at radius 3 is 2.41 bits per heavy atom. The third kappa shape index (κ3) is 6.42. The van der Waals surface area contributed by atoms with Gasteiger partial charge in [-0.2, -0.15) is 0 Å². The van der Waals surface area contributed by atoms with Crippen LogP contribution in [0.25, 0.3) is 0 Å². The second kappa shape index (κ2) is 7.38. The van der Waals surface area contributed by atoms with E-state index < -0.39 is 0 Å². The topological polar surface area (TPSA) is 15.3 Å². The summed E-state index contributed by atoms with van der Waals surface area (Å²) in [5.74, 6) is 1.64. The van der Waals surface area contributed by atoms with Gasteiger partial charge in [0.1, 0.15) is 0 Å². The molecule has 0 amide bonds. The second-order valence-corrected chi connectivity index (χ2v) is 6.70. The van der Waals surface area contributed by atoms with Crippen LogP contribution in [0.4, 0.5) is 0 Å². The van der Waals surface area contributed by atoms with Gasteiger partial charge in [-0.3, -0.25) is 0 Å². The lowest BCUT2D eigenvalue weighted by molar-refractivity contribution is 0.145. The summed E-state index contributed by atoms with van der Waals surface area (Å²) in [5, 5.41) is 3.75. The van der Waals surface area contributed by atoms with Crippen LogP contribution in [-0.4, -0.2) is 36.6 Å². The fraction of sp³-hybridized carbons (Fsp3) is 1.00. The maximum atomic E-state index is 3.75. The zero-order chi connectivity index (χ0) is 12.8. The highest BCUT2D eigenvalue weighted by Crippen LogP contribution is 2.14. The zero-order valence-electron chi connectivity index (χ0n) is 12.5. The summed E-state index contributed by atoms with van der Waals surface area (Å²) < 4.78 is 0. The standard InChI is InChI=1S/C15H32N2/c1-12(2)7-6-8-15-11-17(9-13(3)4)10-14(5)16-15/h12-16H,6-11H2,1-5H3. The summed E-state index contributed by atoms with van der Waals surface area (Å²) in [5.41, 5.74) is 0. The molecule has 1 aliphatic rings. The Bertz CT molecular complexity index is 199. The Balaban J connectivity index is 2.29. The molecule has 102 valence electrons. The molecule has 0 bridgehead atoms. The minimum Gasteiger partial charge on any atom is -0.309 e. The third-order valence-corrected chi connectivity index (χ3v) is 3.49. The first kappa shape index (κ1) is 15.0. The molecule has 1 saturated heterocycles. The normalized spacial score (nSPS) is 27.0. The number of nitrogens with zero attached hydrogens (tertiary/aromatic N) is 1. The highest BCUT2D eigenvalue weighted by molar-refractivity contribution is 4.83. The van der Waals surface area contributed by atoms with Crippen LogP contribution < -0.4 is 5.32 Å². The Kier molecular flexibility index (Phi) is 6.50. The molecule has 0 aromatic heterocycles. The van der Waals surface area contributed by atoms with Gasteiger partial charge in [0.15, 0.2) is 0 Å². The van der Waals surface area contributed by atoms with Crippen molar-refractivity contribution < 1.29 is 0 Å². The Labute approximate surface area is 108 Å². The van der Waals surface area contributed by atoms with Crippen LogP contribution in [0, 0.1) is 11.8 Å². The molecule has 2 heteroatoms. The predicted molar refractivity (Wildman–Crippen MR) is 76.4 cm³/mol. The van der Waals surface area contributed by atoms with E-state index in [9.17, 15) is 0 Å². The van der Waals surface area contributed by atoms with E-state index in [0.29, 0.717) is 6.04 Å². The fourth-order valence-corrected chi connectivity index (χ4v) is 2.89. The molecule has 2 nitrogen and oxygen atoms in total. The van der Waals surface area contributed by atoms with Gasteiger partial charge >= 0.3 is 0 Å². The number of hydrogen-bond acceptors (Lipinski definition) is 2. The first-order chi connectivity index (χ1) is 7.97. The van der Waals surface area contributed by atoms with Crippen LogP contribution in [0.5, 0.6) is 0 Å². The lowest BCUT2D eigenvalue weighted by atomic mass is 10.00. The van der Waals surface area contributed by atoms with Crippen molar-refractivity contribution in [1.29, 1.82) is 0 Å². The fourth-order valence-electron chi connectivity index (χ4n) is 2.89. The zero-order valence-corrected chi connectivity index (χ0v) is 12.5. The lowest BCUT2D eigenvalue weighted by Gasteiger charge is -2.38.